The SMILES string of the molecule is Cc1ccc(S(=O)(=O)NC(=O)c2cnn(-c3ccc(C(F)(F)F)cn3)c2C)s1. The Hall–Kier alpha value is -2.73. The van der Waals surface area contributed by atoms with E-state index in [0.717, 1.165) is 39.2 Å². The quantitative estimate of drug-likeness (QED) is 0.687. The van der Waals surface area contributed by atoms with Gasteiger partial charge in [-0.2, -0.15) is 18.3 Å². The molecule has 7 nitrogen and oxygen atoms in total. The number of aryl methyl sites for hydroxylation is 1. The highest BCUT2D eigenvalue weighted by Crippen LogP contribution is 2.29. The molecule has 0 spiro atoms. The third kappa shape index (κ3) is 3.92. The van der Waals surface area contributed by atoms with Crippen molar-refractivity contribution in [3.8, 4) is 5.82 Å². The number of nitrogens with zero attached hydrogens (tertiary/aromatic N) is 3. The lowest BCUT2D eigenvalue weighted by molar-refractivity contribution is -0.137. The minimum absolute atomic E-state index is 0.00667. The van der Waals surface area contributed by atoms with Gasteiger partial charge in [-0.3, -0.25) is 4.79 Å². The molecule has 12 heteroatoms. The van der Waals surface area contributed by atoms with E-state index < -0.39 is 27.7 Å². The second kappa shape index (κ2) is 7.02. The van der Waals surface area contributed by atoms with E-state index in [0.29, 0.717) is 6.20 Å². The highest BCUT2D eigenvalue weighted by atomic mass is 32.2. The lowest BCUT2D eigenvalue weighted by atomic mass is 10.2. The molecule has 148 valence electrons. The van der Waals surface area contributed by atoms with Crippen LogP contribution in [0.25, 0.3) is 5.82 Å². The fourth-order valence-electron chi connectivity index (χ4n) is 2.33. The number of hydrogen-bond acceptors (Lipinski definition) is 6. The van der Waals surface area contributed by atoms with E-state index in [4.69, 9.17) is 0 Å². The van der Waals surface area contributed by atoms with E-state index in [1.807, 2.05) is 4.72 Å². The van der Waals surface area contributed by atoms with Crippen molar-refractivity contribution in [3.63, 3.8) is 0 Å². The number of sulfonamides is 1. The van der Waals surface area contributed by atoms with Crippen molar-refractivity contribution in [2.45, 2.75) is 24.2 Å². The predicted molar refractivity (Wildman–Crippen MR) is 94.8 cm³/mol. The maximum Gasteiger partial charge on any atom is 0.417 e. The molecule has 3 rings (SSSR count). The lowest BCUT2D eigenvalue weighted by Gasteiger charge is -2.08. The average molecular weight is 430 g/mol. The van der Waals surface area contributed by atoms with Crippen molar-refractivity contribution in [1.82, 2.24) is 19.5 Å². The second-order valence-corrected chi connectivity index (χ2v) is 8.96. The Labute approximate surface area is 161 Å². The molecule has 0 aliphatic carbocycles. The summed E-state index contributed by atoms with van der Waals surface area (Å²) in [4.78, 5) is 16.9. The summed E-state index contributed by atoms with van der Waals surface area (Å²) in [5, 5.41) is 3.93. The number of amides is 1. The number of thiophene rings is 1. The molecule has 0 saturated heterocycles. The van der Waals surface area contributed by atoms with Crippen molar-refractivity contribution >= 4 is 27.3 Å². The normalized spacial score (nSPS) is 12.2. The summed E-state index contributed by atoms with van der Waals surface area (Å²) in [7, 11) is -4.04. The molecule has 3 heterocycles. The van der Waals surface area contributed by atoms with E-state index >= 15 is 0 Å². The van der Waals surface area contributed by atoms with Crippen LogP contribution in [0.5, 0.6) is 0 Å². The van der Waals surface area contributed by atoms with Gasteiger partial charge in [0.25, 0.3) is 15.9 Å². The highest BCUT2D eigenvalue weighted by Gasteiger charge is 2.31. The smallest absolute Gasteiger partial charge is 0.268 e. The molecule has 28 heavy (non-hydrogen) atoms. The van der Waals surface area contributed by atoms with Gasteiger partial charge >= 0.3 is 6.18 Å². The molecule has 0 bridgehead atoms. The second-order valence-electron chi connectivity index (χ2n) is 5.76. The summed E-state index contributed by atoms with van der Waals surface area (Å²) >= 11 is 1.02. The van der Waals surface area contributed by atoms with Gasteiger partial charge in [0, 0.05) is 11.1 Å². The number of alkyl halides is 3. The Morgan fingerprint density at radius 1 is 1.14 bits per heavy atom. The van der Waals surface area contributed by atoms with Gasteiger partial charge in [0.05, 0.1) is 23.0 Å². The number of halogens is 3. The first-order valence-electron chi connectivity index (χ1n) is 7.71. The molecule has 0 atom stereocenters. The van der Waals surface area contributed by atoms with Crippen LogP contribution >= 0.6 is 11.3 Å². The fraction of sp³-hybridized carbons (Fsp3) is 0.188. The molecular weight excluding hydrogens is 417 g/mol. The van der Waals surface area contributed by atoms with Gasteiger partial charge in [0.2, 0.25) is 0 Å². The Bertz CT molecular complexity index is 1130. The number of carbonyl (C=O) groups is 1. The Kier molecular flexibility index (Phi) is 5.02. The number of pyridine rings is 1. The Morgan fingerprint density at radius 2 is 1.86 bits per heavy atom. The molecule has 0 fully saturated rings. The first-order chi connectivity index (χ1) is 13.0. The number of hydrogen-bond donors (Lipinski definition) is 1. The van der Waals surface area contributed by atoms with Gasteiger partial charge in [0.1, 0.15) is 4.21 Å². The van der Waals surface area contributed by atoms with E-state index in [1.54, 1.807) is 13.0 Å². The first kappa shape index (κ1) is 20.0. The highest BCUT2D eigenvalue weighted by molar-refractivity contribution is 7.92. The van der Waals surface area contributed by atoms with Crippen molar-refractivity contribution in [2.24, 2.45) is 0 Å². The number of aromatic nitrogens is 3. The van der Waals surface area contributed by atoms with Crippen LogP contribution in [0.2, 0.25) is 0 Å². The third-order valence-corrected chi connectivity index (χ3v) is 6.58. The molecule has 1 N–H and O–H groups in total. The van der Waals surface area contributed by atoms with E-state index in [1.165, 1.54) is 13.0 Å². The van der Waals surface area contributed by atoms with Gasteiger partial charge in [-0.05, 0) is 38.1 Å². The van der Waals surface area contributed by atoms with Crippen molar-refractivity contribution < 1.29 is 26.4 Å². The number of nitrogens with one attached hydrogen (secondary N) is 1. The van der Waals surface area contributed by atoms with Gasteiger partial charge in [-0.15, -0.1) is 11.3 Å². The van der Waals surface area contributed by atoms with Crippen LogP contribution in [0.1, 0.15) is 26.5 Å². The molecule has 1 amide bonds. The molecule has 0 aliphatic heterocycles. The zero-order valence-corrected chi connectivity index (χ0v) is 16.1. The fourth-order valence-corrected chi connectivity index (χ4v) is 4.58. The number of rotatable bonds is 4. The van der Waals surface area contributed by atoms with Crippen molar-refractivity contribution in [3.05, 3.63) is 58.4 Å². The zero-order chi connectivity index (χ0) is 20.7. The average Bonchev–Trinajstić information content (AvgIpc) is 3.20. The van der Waals surface area contributed by atoms with Crippen LogP contribution in [0.4, 0.5) is 13.2 Å². The molecule has 0 aromatic carbocycles. The van der Waals surface area contributed by atoms with Crippen molar-refractivity contribution in [1.29, 1.82) is 0 Å². The summed E-state index contributed by atoms with van der Waals surface area (Å²) in [6.45, 7) is 3.21. The minimum atomic E-state index is -4.52. The summed E-state index contributed by atoms with van der Waals surface area (Å²) in [6, 6.07) is 4.95. The van der Waals surface area contributed by atoms with Crippen LogP contribution in [-0.4, -0.2) is 29.1 Å². The molecular formula is C16H13F3N4O3S2. The van der Waals surface area contributed by atoms with Crippen molar-refractivity contribution in [2.75, 3.05) is 0 Å². The predicted octanol–water partition coefficient (Wildman–Crippen LogP) is 3.08. The topological polar surface area (TPSA) is 94.0 Å². The minimum Gasteiger partial charge on any atom is -0.268 e. The lowest BCUT2D eigenvalue weighted by Crippen LogP contribution is -2.30. The van der Waals surface area contributed by atoms with Gasteiger partial charge in [-0.25, -0.2) is 22.8 Å². The van der Waals surface area contributed by atoms with E-state index in [-0.39, 0.29) is 21.3 Å². The van der Waals surface area contributed by atoms with Crippen LogP contribution in [0.3, 0.4) is 0 Å². The zero-order valence-electron chi connectivity index (χ0n) is 14.5. The Balaban J connectivity index is 1.85. The van der Waals surface area contributed by atoms with Crippen LogP contribution in [0.15, 0.2) is 40.9 Å². The standard InChI is InChI=1S/C16H13F3N4O3S2/c1-9-3-6-14(27-9)28(25,26)22-15(24)12-8-21-23(10(12)2)13-5-4-11(7-20-13)16(17,18)19/h3-8H,1-2H3,(H,22,24). The Morgan fingerprint density at radius 3 is 2.39 bits per heavy atom. The van der Waals surface area contributed by atoms with Crippen LogP contribution < -0.4 is 4.72 Å². The maximum atomic E-state index is 12.6. The van der Waals surface area contributed by atoms with E-state index in [9.17, 15) is 26.4 Å². The van der Waals surface area contributed by atoms with Crippen LogP contribution in [-0.2, 0) is 16.2 Å². The van der Waals surface area contributed by atoms with Gasteiger partial charge in [-0.1, -0.05) is 0 Å². The molecule has 3 aromatic heterocycles. The first-order valence-corrected chi connectivity index (χ1v) is 10.0. The summed E-state index contributed by atoms with van der Waals surface area (Å²) in [6.07, 6.45) is -2.75. The van der Waals surface area contributed by atoms with Gasteiger partial charge < -0.3 is 0 Å². The van der Waals surface area contributed by atoms with E-state index in [2.05, 4.69) is 10.1 Å². The monoisotopic (exact) mass is 430 g/mol. The molecule has 0 saturated carbocycles. The molecule has 0 radical (unpaired) electrons. The third-order valence-electron chi connectivity index (χ3n) is 3.75. The molecule has 0 unspecified atom stereocenters. The largest absolute Gasteiger partial charge is 0.417 e. The summed E-state index contributed by atoms with van der Waals surface area (Å²) in [5.74, 6) is -0.844. The number of carbonyl (C=O) groups excluding carboxylic acids is 1. The summed E-state index contributed by atoms with van der Waals surface area (Å²) in [5.41, 5.74) is -0.739. The molecule has 0 aliphatic rings. The van der Waals surface area contributed by atoms with Gasteiger partial charge in [0.15, 0.2) is 5.82 Å². The molecule has 3 aromatic rings. The maximum absolute atomic E-state index is 12.6. The van der Waals surface area contributed by atoms with Crippen LogP contribution in [0, 0.1) is 13.8 Å². The summed E-state index contributed by atoms with van der Waals surface area (Å²) < 4.78 is 65.6.